The van der Waals surface area contributed by atoms with Crippen LogP contribution in [0.4, 0.5) is 13.2 Å². The first-order chi connectivity index (χ1) is 10.7. The molecule has 0 aromatic carbocycles. The number of likely N-dealkylation sites (tertiary alicyclic amines) is 1. The molecule has 1 saturated carbocycles. The van der Waals surface area contributed by atoms with E-state index in [2.05, 4.69) is 14.7 Å². The van der Waals surface area contributed by atoms with Crippen LogP contribution >= 0.6 is 0 Å². The first-order valence-corrected chi connectivity index (χ1v) is 7.58. The summed E-state index contributed by atoms with van der Waals surface area (Å²) < 4.78 is 42.1. The topological polar surface area (TPSA) is 62.5 Å². The molecule has 2 aliphatic rings. The van der Waals surface area contributed by atoms with Crippen molar-refractivity contribution in [1.82, 2.24) is 19.9 Å². The summed E-state index contributed by atoms with van der Waals surface area (Å²) in [5.41, 5.74) is 0. The molecule has 1 saturated heterocycles. The van der Waals surface area contributed by atoms with Crippen molar-refractivity contribution in [3.8, 4) is 0 Å². The zero-order valence-electron chi connectivity index (χ0n) is 13.0. The Morgan fingerprint density at radius 2 is 2.04 bits per heavy atom. The number of alkyl halides is 3. The van der Waals surface area contributed by atoms with Crippen LogP contribution in [0.5, 0.6) is 0 Å². The van der Waals surface area contributed by atoms with E-state index in [0.717, 1.165) is 19.4 Å². The highest BCUT2D eigenvalue weighted by atomic mass is 19.4. The second-order valence-corrected chi connectivity index (χ2v) is 6.55. The monoisotopic (exact) mass is 332 g/mol. The lowest BCUT2D eigenvalue weighted by atomic mass is 9.88. The third-order valence-corrected chi connectivity index (χ3v) is 4.92. The third kappa shape index (κ3) is 3.34. The second-order valence-electron chi connectivity index (χ2n) is 6.55. The van der Waals surface area contributed by atoms with Crippen molar-refractivity contribution in [1.29, 1.82) is 0 Å². The molecule has 0 unspecified atom stereocenters. The van der Waals surface area contributed by atoms with Gasteiger partial charge in [-0.1, -0.05) is 5.16 Å². The Kier molecular flexibility index (Phi) is 4.07. The molecular weight excluding hydrogens is 313 g/mol. The van der Waals surface area contributed by atoms with E-state index in [0.29, 0.717) is 18.3 Å². The first kappa shape index (κ1) is 16.2. The van der Waals surface area contributed by atoms with Gasteiger partial charge >= 0.3 is 6.18 Å². The maximum Gasteiger partial charge on any atom is 0.455 e. The van der Waals surface area contributed by atoms with Crippen LogP contribution in [0.3, 0.4) is 0 Å². The van der Waals surface area contributed by atoms with Gasteiger partial charge in [0.1, 0.15) is 0 Å². The summed E-state index contributed by atoms with van der Waals surface area (Å²) in [4.78, 5) is 18.9. The van der Waals surface area contributed by atoms with E-state index in [4.69, 9.17) is 0 Å². The normalized spacial score (nSPS) is 28.5. The summed E-state index contributed by atoms with van der Waals surface area (Å²) in [6.07, 6.45) is -2.22. The van der Waals surface area contributed by atoms with Crippen LogP contribution in [-0.2, 0) is 17.5 Å². The Labute approximate surface area is 131 Å². The van der Waals surface area contributed by atoms with Crippen molar-refractivity contribution in [3.05, 3.63) is 11.7 Å². The average molecular weight is 332 g/mol. The fraction of sp³-hybridized carbons (Fsp3) is 0.786. The van der Waals surface area contributed by atoms with Crippen molar-refractivity contribution in [2.24, 2.45) is 11.8 Å². The molecular formula is C14H19F3N4O2. The molecule has 3 atom stereocenters. The van der Waals surface area contributed by atoms with Crippen LogP contribution in [0.25, 0.3) is 0 Å². The van der Waals surface area contributed by atoms with Crippen molar-refractivity contribution >= 4 is 5.91 Å². The zero-order valence-corrected chi connectivity index (χ0v) is 13.0. The van der Waals surface area contributed by atoms with Crippen molar-refractivity contribution < 1.29 is 22.5 Å². The summed E-state index contributed by atoms with van der Waals surface area (Å²) in [7, 11) is 3.65. The largest absolute Gasteiger partial charge is 0.455 e. The van der Waals surface area contributed by atoms with Gasteiger partial charge in [0, 0.05) is 26.1 Å². The summed E-state index contributed by atoms with van der Waals surface area (Å²) in [6.45, 7) is 0.934. The zero-order chi connectivity index (χ0) is 16.8. The fourth-order valence-electron chi connectivity index (χ4n) is 3.62. The van der Waals surface area contributed by atoms with Crippen LogP contribution < -0.4 is 0 Å². The molecule has 1 aliphatic carbocycles. The second kappa shape index (κ2) is 5.77. The van der Waals surface area contributed by atoms with Crippen molar-refractivity contribution in [3.63, 3.8) is 0 Å². The van der Waals surface area contributed by atoms with Gasteiger partial charge in [-0.25, -0.2) is 0 Å². The molecule has 9 heteroatoms. The van der Waals surface area contributed by atoms with Crippen LogP contribution in [-0.4, -0.2) is 52.5 Å². The molecule has 23 heavy (non-hydrogen) atoms. The van der Waals surface area contributed by atoms with Gasteiger partial charge in [-0.2, -0.15) is 18.2 Å². The van der Waals surface area contributed by atoms with E-state index < -0.39 is 12.0 Å². The van der Waals surface area contributed by atoms with E-state index in [1.54, 1.807) is 4.90 Å². The number of nitrogens with zero attached hydrogens (tertiary/aromatic N) is 4. The van der Waals surface area contributed by atoms with E-state index in [-0.39, 0.29) is 24.4 Å². The SMILES string of the molecule is CN1C[C@H]2C[C@@H](N(C)Cc3nc(C(F)(F)F)no3)C[C@H]2CC1=O. The summed E-state index contributed by atoms with van der Waals surface area (Å²) in [6, 6.07) is 0.213. The maximum absolute atomic E-state index is 12.5. The Morgan fingerprint density at radius 3 is 2.70 bits per heavy atom. The standard InChI is InChI=1S/C14H19F3N4O2/c1-20(7-11-18-13(19-23-11)14(15,16)17)10-3-8-5-12(22)21(2)6-9(8)4-10/h8-10H,3-7H2,1-2H3/t8-,9+,10-/m0/s1. The van der Waals surface area contributed by atoms with E-state index in [1.165, 1.54) is 0 Å². The quantitative estimate of drug-likeness (QED) is 0.844. The molecule has 0 bridgehead atoms. The molecule has 128 valence electrons. The molecule has 6 nitrogen and oxygen atoms in total. The lowest BCUT2D eigenvalue weighted by Gasteiger charge is -2.31. The minimum Gasteiger partial charge on any atom is -0.345 e. The molecule has 1 aromatic rings. The number of amides is 1. The highest BCUT2D eigenvalue weighted by Gasteiger charge is 2.42. The number of fused-ring (bicyclic) bond motifs is 1. The van der Waals surface area contributed by atoms with Gasteiger partial charge in [-0.15, -0.1) is 0 Å². The van der Waals surface area contributed by atoms with Crippen LogP contribution in [0.15, 0.2) is 4.52 Å². The van der Waals surface area contributed by atoms with E-state index in [9.17, 15) is 18.0 Å². The number of hydrogen-bond acceptors (Lipinski definition) is 5. The van der Waals surface area contributed by atoms with E-state index >= 15 is 0 Å². The molecule has 3 rings (SSSR count). The molecule has 0 spiro atoms. The minimum absolute atomic E-state index is 0.0390. The summed E-state index contributed by atoms with van der Waals surface area (Å²) in [5, 5.41) is 2.97. The number of rotatable bonds is 3. The molecule has 0 N–H and O–H groups in total. The Morgan fingerprint density at radius 1 is 1.35 bits per heavy atom. The predicted molar refractivity (Wildman–Crippen MR) is 73.0 cm³/mol. The van der Waals surface area contributed by atoms with Crippen LogP contribution in [0, 0.1) is 11.8 Å². The predicted octanol–water partition coefficient (Wildman–Crippen LogP) is 1.78. The minimum atomic E-state index is -4.59. The van der Waals surface area contributed by atoms with Gasteiger partial charge < -0.3 is 9.42 Å². The van der Waals surface area contributed by atoms with Crippen molar-refractivity contribution in [2.75, 3.05) is 20.6 Å². The lowest BCUT2D eigenvalue weighted by molar-refractivity contribution is -0.146. The number of piperidine rings is 1. The highest BCUT2D eigenvalue weighted by molar-refractivity contribution is 5.77. The molecule has 2 fully saturated rings. The summed E-state index contributed by atoms with van der Waals surface area (Å²) >= 11 is 0. The summed E-state index contributed by atoms with van der Waals surface area (Å²) in [5.74, 6) is -0.296. The molecule has 1 amide bonds. The smallest absolute Gasteiger partial charge is 0.345 e. The van der Waals surface area contributed by atoms with Crippen molar-refractivity contribution in [2.45, 2.75) is 38.0 Å². The Bertz CT molecular complexity index is 589. The Hall–Kier alpha value is -1.64. The van der Waals surface area contributed by atoms with Gasteiger partial charge in [-0.05, 0) is 31.7 Å². The number of halogens is 3. The maximum atomic E-state index is 12.5. The number of hydrogen-bond donors (Lipinski definition) is 0. The molecule has 2 heterocycles. The third-order valence-electron chi connectivity index (χ3n) is 4.92. The fourth-order valence-corrected chi connectivity index (χ4v) is 3.62. The van der Waals surface area contributed by atoms with Gasteiger partial charge in [0.2, 0.25) is 11.8 Å². The van der Waals surface area contributed by atoms with Gasteiger partial charge in [0.25, 0.3) is 5.82 Å². The Balaban J connectivity index is 1.60. The molecule has 0 radical (unpaired) electrons. The first-order valence-electron chi connectivity index (χ1n) is 7.58. The number of carbonyl (C=O) groups excluding carboxylic acids is 1. The molecule has 1 aromatic heterocycles. The lowest BCUT2D eigenvalue weighted by Crippen LogP contribution is -2.39. The van der Waals surface area contributed by atoms with Crippen LogP contribution in [0.1, 0.15) is 31.0 Å². The number of aromatic nitrogens is 2. The van der Waals surface area contributed by atoms with E-state index in [1.807, 2.05) is 19.0 Å². The van der Waals surface area contributed by atoms with Crippen LogP contribution in [0.2, 0.25) is 0 Å². The van der Waals surface area contributed by atoms with Gasteiger partial charge in [-0.3, -0.25) is 9.69 Å². The highest BCUT2D eigenvalue weighted by Crippen LogP contribution is 2.40. The van der Waals surface area contributed by atoms with Gasteiger partial charge in [0.05, 0.1) is 6.54 Å². The molecule has 1 aliphatic heterocycles. The average Bonchev–Trinajstić information content (AvgIpc) is 3.05. The van der Waals surface area contributed by atoms with Gasteiger partial charge in [0.15, 0.2) is 0 Å². The number of carbonyl (C=O) groups is 1.